The van der Waals surface area contributed by atoms with E-state index in [4.69, 9.17) is 11.3 Å². The fourth-order valence-corrected chi connectivity index (χ4v) is 3.99. The highest BCUT2D eigenvalue weighted by Crippen LogP contribution is 2.30. The van der Waals surface area contributed by atoms with Crippen LogP contribution in [0.3, 0.4) is 0 Å². The average Bonchev–Trinajstić information content (AvgIpc) is 3.36. The number of aromatic amines is 1. The molecular weight excluding hydrogens is 415 g/mol. The van der Waals surface area contributed by atoms with Gasteiger partial charge in [0.1, 0.15) is 17.7 Å². The van der Waals surface area contributed by atoms with Gasteiger partial charge in [0.15, 0.2) is 0 Å². The van der Waals surface area contributed by atoms with Crippen molar-refractivity contribution < 1.29 is 18.8 Å². The van der Waals surface area contributed by atoms with Crippen molar-refractivity contribution in [1.29, 1.82) is 0 Å². The quantitative estimate of drug-likeness (QED) is 0.339. The monoisotopic (exact) mass is 436 g/mol. The summed E-state index contributed by atoms with van der Waals surface area (Å²) in [7, 11) is 0. The lowest BCUT2D eigenvalue weighted by Gasteiger charge is -2.20. The predicted octanol–water partition coefficient (Wildman–Crippen LogP) is 4.86. The van der Waals surface area contributed by atoms with Gasteiger partial charge in [-0.1, -0.05) is 6.92 Å². The molecule has 0 saturated carbocycles. The zero-order valence-electron chi connectivity index (χ0n) is 17.3. The Morgan fingerprint density at radius 2 is 2.06 bits per heavy atom. The summed E-state index contributed by atoms with van der Waals surface area (Å²) in [5, 5.41) is 11.7. The molecule has 1 saturated heterocycles. The van der Waals surface area contributed by atoms with Gasteiger partial charge in [-0.15, -0.1) is 0 Å². The van der Waals surface area contributed by atoms with Gasteiger partial charge in [-0.05, 0) is 42.3 Å². The summed E-state index contributed by atoms with van der Waals surface area (Å²) in [5.41, 5.74) is 1.77. The van der Waals surface area contributed by atoms with E-state index < -0.39 is 23.2 Å². The molecule has 1 N–H and O–H groups in total. The van der Waals surface area contributed by atoms with Crippen LogP contribution in [0.5, 0.6) is 11.5 Å². The van der Waals surface area contributed by atoms with Crippen molar-refractivity contribution >= 4 is 22.5 Å². The number of nitro groups is 1. The number of fused-ring (bicyclic) bond motifs is 1. The Bertz CT molecular complexity index is 1200. The summed E-state index contributed by atoms with van der Waals surface area (Å²) < 4.78 is 19.5. The number of likely N-dealkylation sites (tertiary alicyclic amines) is 1. The van der Waals surface area contributed by atoms with Crippen molar-refractivity contribution in [3.63, 3.8) is 0 Å². The van der Waals surface area contributed by atoms with Crippen LogP contribution in [-0.2, 0) is 11.2 Å². The van der Waals surface area contributed by atoms with E-state index in [-0.39, 0.29) is 24.6 Å². The molecule has 8 nitrogen and oxygen atoms in total. The standard InChI is InChI=1S/C23H21FN4O4/c1-14(23(29)27-13-16(24)10-22(27)25-2)9-15-12-26-21-8-7-19(11-20(15)21)32-18-5-3-17(4-6-18)28(30)31/h3-8,11-12,14,16,22,26H,9-10,13H2,1H3/t14-,16?,22-/m0/s1. The maximum Gasteiger partial charge on any atom is 0.303 e. The molecule has 1 aliphatic heterocycles. The minimum absolute atomic E-state index is 0.0167. The highest BCUT2D eigenvalue weighted by atomic mass is 19.1. The number of nitro benzene ring substituents is 1. The molecule has 0 spiro atoms. The number of carbonyl (C=O) groups excluding carboxylic acids is 1. The van der Waals surface area contributed by atoms with Crippen LogP contribution in [0.4, 0.5) is 10.1 Å². The fraction of sp³-hybridized carbons (Fsp3) is 0.304. The van der Waals surface area contributed by atoms with Gasteiger partial charge in [-0.2, -0.15) is 0 Å². The lowest BCUT2D eigenvalue weighted by Crippen LogP contribution is -2.38. The van der Waals surface area contributed by atoms with E-state index in [0.717, 1.165) is 16.5 Å². The summed E-state index contributed by atoms with van der Waals surface area (Å²) in [4.78, 5) is 31.1. The number of carbonyl (C=O) groups is 1. The van der Waals surface area contributed by atoms with Gasteiger partial charge in [0.2, 0.25) is 5.91 Å². The third kappa shape index (κ3) is 4.25. The first-order chi connectivity index (χ1) is 15.4. The van der Waals surface area contributed by atoms with Crippen LogP contribution in [0, 0.1) is 22.6 Å². The summed E-state index contributed by atoms with van der Waals surface area (Å²) in [5.74, 6) is 0.385. The van der Waals surface area contributed by atoms with Crippen LogP contribution < -0.4 is 4.74 Å². The van der Waals surface area contributed by atoms with Crippen LogP contribution in [0.2, 0.25) is 0 Å². The first-order valence-electron chi connectivity index (χ1n) is 10.2. The molecule has 3 aromatic rings. The number of non-ortho nitro benzene ring substituents is 1. The third-order valence-corrected chi connectivity index (χ3v) is 5.62. The van der Waals surface area contributed by atoms with Crippen LogP contribution >= 0.6 is 0 Å². The molecule has 32 heavy (non-hydrogen) atoms. The Balaban J connectivity index is 1.50. The highest BCUT2D eigenvalue weighted by Gasteiger charge is 2.41. The Labute approximate surface area is 183 Å². The number of alkyl halides is 1. The molecule has 3 atom stereocenters. The minimum Gasteiger partial charge on any atom is -0.457 e. The van der Waals surface area contributed by atoms with Crippen molar-refractivity contribution in [1.82, 2.24) is 9.88 Å². The smallest absolute Gasteiger partial charge is 0.303 e. The molecule has 0 bridgehead atoms. The lowest BCUT2D eigenvalue weighted by molar-refractivity contribution is -0.384. The van der Waals surface area contributed by atoms with E-state index in [1.807, 2.05) is 18.3 Å². The summed E-state index contributed by atoms with van der Waals surface area (Å²) in [6.45, 7) is 8.97. The second-order valence-electron chi connectivity index (χ2n) is 7.91. The van der Waals surface area contributed by atoms with Crippen LogP contribution in [-0.4, -0.2) is 39.6 Å². The number of amides is 1. The van der Waals surface area contributed by atoms with E-state index in [2.05, 4.69) is 9.83 Å². The number of nitrogens with zero attached hydrogens (tertiary/aromatic N) is 3. The van der Waals surface area contributed by atoms with E-state index in [1.54, 1.807) is 13.0 Å². The van der Waals surface area contributed by atoms with Gasteiger partial charge in [0.25, 0.3) is 5.69 Å². The maximum atomic E-state index is 13.7. The van der Waals surface area contributed by atoms with E-state index in [1.165, 1.54) is 29.2 Å². The molecule has 1 fully saturated rings. The zero-order valence-corrected chi connectivity index (χ0v) is 17.3. The zero-order chi connectivity index (χ0) is 22.8. The number of ether oxygens (including phenoxy) is 1. The van der Waals surface area contributed by atoms with Crippen molar-refractivity contribution in [3.8, 4) is 11.5 Å². The molecule has 0 aliphatic carbocycles. The fourth-order valence-electron chi connectivity index (χ4n) is 3.99. The average molecular weight is 436 g/mol. The third-order valence-electron chi connectivity index (χ3n) is 5.62. The first-order valence-corrected chi connectivity index (χ1v) is 10.2. The van der Waals surface area contributed by atoms with Gasteiger partial charge >= 0.3 is 6.17 Å². The second kappa shape index (κ2) is 8.67. The van der Waals surface area contributed by atoms with Gasteiger partial charge in [0.05, 0.1) is 17.9 Å². The number of hydrogen-bond donors (Lipinski definition) is 1. The van der Waals surface area contributed by atoms with Crippen LogP contribution in [0.25, 0.3) is 15.7 Å². The number of rotatable bonds is 6. The largest absolute Gasteiger partial charge is 0.457 e. The molecule has 4 rings (SSSR count). The van der Waals surface area contributed by atoms with E-state index in [9.17, 15) is 19.3 Å². The molecule has 2 heterocycles. The second-order valence-corrected chi connectivity index (χ2v) is 7.91. The molecular formula is C23H21FN4O4. The normalized spacial score (nSPS) is 19.0. The minimum atomic E-state index is -1.16. The Hall–Kier alpha value is -3.93. The number of hydrogen-bond acceptors (Lipinski definition) is 4. The summed E-state index contributed by atoms with van der Waals surface area (Å²) in [6.07, 6.45) is 0.441. The van der Waals surface area contributed by atoms with Crippen molar-refractivity contribution in [2.75, 3.05) is 6.54 Å². The Morgan fingerprint density at radius 3 is 2.75 bits per heavy atom. The molecule has 1 amide bonds. The number of H-pyrrole nitrogens is 1. The number of benzene rings is 2. The number of halogens is 1. The summed E-state index contributed by atoms with van der Waals surface area (Å²) in [6, 6.07) is 11.3. The molecule has 9 heteroatoms. The Kier molecular flexibility index (Phi) is 5.77. The maximum absolute atomic E-state index is 13.7. The topological polar surface area (TPSA) is 92.8 Å². The van der Waals surface area contributed by atoms with Gasteiger partial charge in [-0.25, -0.2) is 11.0 Å². The van der Waals surface area contributed by atoms with Crippen molar-refractivity contribution in [2.24, 2.45) is 5.92 Å². The molecule has 1 aliphatic rings. The van der Waals surface area contributed by atoms with Gasteiger partial charge in [0, 0.05) is 35.2 Å². The highest BCUT2D eigenvalue weighted by molar-refractivity contribution is 5.86. The molecule has 164 valence electrons. The molecule has 0 radical (unpaired) electrons. The van der Waals surface area contributed by atoms with E-state index >= 15 is 0 Å². The number of aromatic nitrogens is 1. The SMILES string of the molecule is [C-]#[N+][C@@H]1CC(F)CN1C(=O)[C@@H](C)Cc1c[nH]c2ccc(Oc3ccc([N+](=O)[O-])cc3)cc12. The van der Waals surface area contributed by atoms with Crippen molar-refractivity contribution in [3.05, 3.63) is 75.8 Å². The Morgan fingerprint density at radius 1 is 1.34 bits per heavy atom. The van der Waals surface area contributed by atoms with Gasteiger partial charge in [-0.3, -0.25) is 24.7 Å². The predicted molar refractivity (Wildman–Crippen MR) is 116 cm³/mol. The lowest BCUT2D eigenvalue weighted by atomic mass is 9.99. The van der Waals surface area contributed by atoms with E-state index in [0.29, 0.717) is 17.9 Å². The molecule has 1 unspecified atom stereocenters. The summed E-state index contributed by atoms with van der Waals surface area (Å²) >= 11 is 0. The van der Waals surface area contributed by atoms with Gasteiger partial charge < -0.3 is 9.72 Å². The van der Waals surface area contributed by atoms with Crippen LogP contribution in [0.1, 0.15) is 18.9 Å². The first kappa shape index (κ1) is 21.3. The van der Waals surface area contributed by atoms with Crippen LogP contribution in [0.15, 0.2) is 48.7 Å². The van der Waals surface area contributed by atoms with Crippen molar-refractivity contribution in [2.45, 2.75) is 32.1 Å². The molecule has 1 aromatic heterocycles. The number of nitrogens with one attached hydrogen (secondary N) is 1. The molecule has 2 aromatic carbocycles.